The molecule has 182 valence electrons. The van der Waals surface area contributed by atoms with Gasteiger partial charge in [0.25, 0.3) is 11.5 Å². The van der Waals surface area contributed by atoms with Crippen molar-refractivity contribution in [1.29, 1.82) is 0 Å². The lowest BCUT2D eigenvalue weighted by Crippen LogP contribution is -2.52. The molecule has 10 nitrogen and oxygen atoms in total. The minimum absolute atomic E-state index is 0.0141. The summed E-state index contributed by atoms with van der Waals surface area (Å²) in [5.41, 5.74) is -0.916. The van der Waals surface area contributed by atoms with Crippen LogP contribution >= 0.6 is 11.3 Å². The highest BCUT2D eigenvalue weighted by Crippen LogP contribution is 2.22. The number of aromatic nitrogens is 2. The van der Waals surface area contributed by atoms with Gasteiger partial charge in [0.15, 0.2) is 0 Å². The van der Waals surface area contributed by atoms with Gasteiger partial charge < -0.3 is 20.7 Å². The standard InChI is InChI=1S/C23H29N5O5S/c1-23(2,24-3)21(31)25-9-10-28-19(30)16-12-17(34-20(16)27(4)22(28)32)18(29)26-13-14-7-6-8-15(11-14)33-5/h6-8,11-12,24H,9-10,13H2,1-5H3,(H,25,31)(H,26,29). The van der Waals surface area contributed by atoms with Gasteiger partial charge >= 0.3 is 5.69 Å². The Labute approximate surface area is 200 Å². The quantitative estimate of drug-likeness (QED) is 0.411. The summed E-state index contributed by atoms with van der Waals surface area (Å²) in [7, 11) is 4.80. The number of rotatable bonds is 9. The predicted octanol–water partition coefficient (Wildman–Crippen LogP) is 0.815. The van der Waals surface area contributed by atoms with Gasteiger partial charge in [-0.1, -0.05) is 12.1 Å². The summed E-state index contributed by atoms with van der Waals surface area (Å²) in [5, 5.41) is 8.73. The molecule has 0 aliphatic carbocycles. The van der Waals surface area contributed by atoms with Crippen molar-refractivity contribution in [2.24, 2.45) is 7.05 Å². The van der Waals surface area contributed by atoms with E-state index in [0.29, 0.717) is 15.5 Å². The fraction of sp³-hybridized carbons (Fsp3) is 0.391. The maximum absolute atomic E-state index is 13.0. The Kier molecular flexibility index (Phi) is 7.57. The van der Waals surface area contributed by atoms with Gasteiger partial charge in [-0.3, -0.25) is 23.5 Å². The first-order chi connectivity index (χ1) is 16.1. The molecule has 0 radical (unpaired) electrons. The van der Waals surface area contributed by atoms with Crippen LogP contribution in [0.1, 0.15) is 29.1 Å². The third-order valence-electron chi connectivity index (χ3n) is 5.64. The Morgan fingerprint density at radius 3 is 2.56 bits per heavy atom. The van der Waals surface area contributed by atoms with Crippen molar-refractivity contribution in [3.05, 3.63) is 61.6 Å². The second kappa shape index (κ2) is 10.2. The van der Waals surface area contributed by atoms with Crippen LogP contribution in [0, 0.1) is 0 Å². The number of benzene rings is 1. The van der Waals surface area contributed by atoms with Crippen LogP contribution in [0.5, 0.6) is 5.75 Å². The number of methoxy groups -OCH3 is 1. The third-order valence-corrected chi connectivity index (χ3v) is 6.85. The van der Waals surface area contributed by atoms with Crippen molar-refractivity contribution in [1.82, 2.24) is 25.1 Å². The van der Waals surface area contributed by atoms with E-state index in [-0.39, 0.29) is 36.8 Å². The molecule has 1 aromatic carbocycles. The van der Waals surface area contributed by atoms with Crippen molar-refractivity contribution >= 4 is 33.4 Å². The number of carbonyl (C=O) groups is 2. The Bertz CT molecular complexity index is 1340. The lowest BCUT2D eigenvalue weighted by Gasteiger charge is -2.22. The molecule has 11 heteroatoms. The minimum atomic E-state index is -0.777. The highest BCUT2D eigenvalue weighted by Gasteiger charge is 2.25. The summed E-state index contributed by atoms with van der Waals surface area (Å²) in [6.45, 7) is 3.87. The van der Waals surface area contributed by atoms with Gasteiger partial charge in [0, 0.05) is 26.7 Å². The number of thiophene rings is 1. The van der Waals surface area contributed by atoms with E-state index in [1.807, 2.05) is 24.3 Å². The molecule has 0 saturated carbocycles. The van der Waals surface area contributed by atoms with Crippen LogP contribution < -0.4 is 31.9 Å². The maximum Gasteiger partial charge on any atom is 0.331 e. The first-order valence-corrected chi connectivity index (χ1v) is 11.5. The Morgan fingerprint density at radius 1 is 1.15 bits per heavy atom. The van der Waals surface area contributed by atoms with E-state index in [1.165, 1.54) is 10.6 Å². The van der Waals surface area contributed by atoms with E-state index in [9.17, 15) is 19.2 Å². The number of nitrogens with zero attached hydrogens (tertiary/aromatic N) is 2. The molecule has 2 amide bonds. The Hall–Kier alpha value is -3.44. The molecule has 0 aliphatic rings. The normalized spacial score (nSPS) is 11.4. The number of aryl methyl sites for hydroxylation is 1. The van der Waals surface area contributed by atoms with Crippen LogP contribution in [0.2, 0.25) is 0 Å². The summed E-state index contributed by atoms with van der Waals surface area (Å²) in [6.07, 6.45) is 0. The largest absolute Gasteiger partial charge is 0.497 e. The first kappa shape index (κ1) is 25.2. The molecule has 34 heavy (non-hydrogen) atoms. The van der Waals surface area contributed by atoms with Gasteiger partial charge in [0.05, 0.1) is 22.9 Å². The molecule has 2 heterocycles. The number of nitrogens with one attached hydrogen (secondary N) is 3. The highest BCUT2D eigenvalue weighted by molar-refractivity contribution is 7.20. The molecule has 0 unspecified atom stereocenters. The SMILES string of the molecule is CNC(C)(C)C(=O)NCCn1c(=O)c2cc(C(=O)NCc3cccc(OC)c3)sc2n(C)c1=O. The van der Waals surface area contributed by atoms with Crippen molar-refractivity contribution in [3.63, 3.8) is 0 Å². The van der Waals surface area contributed by atoms with E-state index in [4.69, 9.17) is 4.74 Å². The molecule has 3 aromatic rings. The lowest BCUT2D eigenvalue weighted by atomic mass is 10.1. The van der Waals surface area contributed by atoms with E-state index >= 15 is 0 Å². The predicted molar refractivity (Wildman–Crippen MR) is 132 cm³/mol. The van der Waals surface area contributed by atoms with Crippen molar-refractivity contribution < 1.29 is 14.3 Å². The molecule has 0 atom stereocenters. The zero-order valence-corrected chi connectivity index (χ0v) is 20.7. The summed E-state index contributed by atoms with van der Waals surface area (Å²) in [5.74, 6) is 0.102. The number of likely N-dealkylation sites (N-methyl/N-ethyl adjacent to an activating group) is 1. The number of carbonyl (C=O) groups excluding carboxylic acids is 2. The van der Waals surface area contributed by atoms with E-state index < -0.39 is 16.8 Å². The van der Waals surface area contributed by atoms with Crippen LogP contribution in [0.4, 0.5) is 0 Å². The summed E-state index contributed by atoms with van der Waals surface area (Å²) in [6, 6.07) is 8.84. The smallest absolute Gasteiger partial charge is 0.331 e. The monoisotopic (exact) mass is 487 g/mol. The number of hydrogen-bond acceptors (Lipinski definition) is 7. The fourth-order valence-electron chi connectivity index (χ4n) is 3.26. The summed E-state index contributed by atoms with van der Waals surface area (Å²) < 4.78 is 7.61. The van der Waals surface area contributed by atoms with Crippen LogP contribution in [-0.2, 0) is 24.9 Å². The molecule has 0 bridgehead atoms. The topological polar surface area (TPSA) is 123 Å². The molecule has 0 fully saturated rings. The second-order valence-corrected chi connectivity index (χ2v) is 9.32. The van der Waals surface area contributed by atoms with E-state index in [0.717, 1.165) is 21.5 Å². The average Bonchev–Trinajstić information content (AvgIpc) is 3.29. The average molecular weight is 488 g/mol. The molecule has 3 rings (SSSR count). The van der Waals surface area contributed by atoms with Gasteiger partial charge in [0.2, 0.25) is 5.91 Å². The maximum atomic E-state index is 13.0. The first-order valence-electron chi connectivity index (χ1n) is 10.7. The fourth-order valence-corrected chi connectivity index (χ4v) is 4.28. The van der Waals surface area contributed by atoms with Crippen molar-refractivity contribution in [3.8, 4) is 5.75 Å². The molecule has 0 aliphatic heterocycles. The van der Waals surface area contributed by atoms with Gasteiger partial charge in [-0.15, -0.1) is 11.3 Å². The van der Waals surface area contributed by atoms with Crippen molar-refractivity contribution in [2.75, 3.05) is 20.7 Å². The number of hydrogen-bond donors (Lipinski definition) is 3. The number of ether oxygens (including phenoxy) is 1. The van der Waals surface area contributed by atoms with Gasteiger partial charge in [0.1, 0.15) is 10.6 Å². The second-order valence-electron chi connectivity index (χ2n) is 8.29. The highest BCUT2D eigenvalue weighted by atomic mass is 32.1. The van der Waals surface area contributed by atoms with E-state index in [1.54, 1.807) is 35.1 Å². The zero-order chi connectivity index (χ0) is 25.0. The molecular weight excluding hydrogens is 458 g/mol. The Morgan fingerprint density at radius 2 is 1.88 bits per heavy atom. The van der Waals surface area contributed by atoms with Crippen LogP contribution in [0.3, 0.4) is 0 Å². The van der Waals surface area contributed by atoms with E-state index in [2.05, 4.69) is 16.0 Å². The number of amides is 2. The van der Waals surface area contributed by atoms with Gasteiger partial charge in [-0.25, -0.2) is 4.79 Å². The minimum Gasteiger partial charge on any atom is -0.497 e. The third kappa shape index (κ3) is 5.20. The van der Waals surface area contributed by atoms with Crippen LogP contribution in [0.15, 0.2) is 39.9 Å². The molecular formula is C23H29N5O5S. The van der Waals surface area contributed by atoms with Crippen molar-refractivity contribution in [2.45, 2.75) is 32.5 Å². The summed E-state index contributed by atoms with van der Waals surface area (Å²) in [4.78, 5) is 51.5. The van der Waals surface area contributed by atoms with Gasteiger partial charge in [-0.05, 0) is 44.7 Å². The lowest BCUT2D eigenvalue weighted by molar-refractivity contribution is -0.126. The van der Waals surface area contributed by atoms with Gasteiger partial charge in [-0.2, -0.15) is 0 Å². The van der Waals surface area contributed by atoms with Crippen LogP contribution in [-0.4, -0.2) is 47.2 Å². The molecule has 0 saturated heterocycles. The number of fused-ring (bicyclic) bond motifs is 1. The molecule has 3 N–H and O–H groups in total. The molecule has 2 aromatic heterocycles. The Balaban J connectivity index is 1.79. The summed E-state index contributed by atoms with van der Waals surface area (Å²) >= 11 is 1.08. The van der Waals surface area contributed by atoms with Crippen LogP contribution in [0.25, 0.3) is 10.2 Å². The zero-order valence-electron chi connectivity index (χ0n) is 19.9. The molecule has 0 spiro atoms.